The third kappa shape index (κ3) is 2.12. The fourth-order valence-corrected chi connectivity index (χ4v) is 3.75. The normalized spacial score (nSPS) is 35.7. The molecule has 3 fully saturated rings. The largest absolute Gasteiger partial charge is 0.446 e. The highest BCUT2D eigenvalue weighted by Gasteiger charge is 2.45. The topological polar surface area (TPSA) is 29.5 Å². The molecular formula is C15H25NO2. The summed E-state index contributed by atoms with van der Waals surface area (Å²) in [5, 5.41) is 0. The summed E-state index contributed by atoms with van der Waals surface area (Å²) in [5.41, 5.74) is 0. The van der Waals surface area contributed by atoms with Gasteiger partial charge < -0.3 is 9.64 Å². The Balaban J connectivity index is 1.62. The molecule has 2 heterocycles. The summed E-state index contributed by atoms with van der Waals surface area (Å²) in [5.74, 6) is 1.55. The molecule has 0 aromatic carbocycles. The van der Waals surface area contributed by atoms with Crippen molar-refractivity contribution in [3.8, 4) is 0 Å². The van der Waals surface area contributed by atoms with Crippen LogP contribution in [-0.4, -0.2) is 29.2 Å². The highest BCUT2D eigenvalue weighted by molar-refractivity contribution is 5.69. The van der Waals surface area contributed by atoms with E-state index in [0.29, 0.717) is 12.1 Å². The van der Waals surface area contributed by atoms with E-state index in [1.165, 1.54) is 32.1 Å². The van der Waals surface area contributed by atoms with Crippen molar-refractivity contribution in [1.29, 1.82) is 0 Å². The van der Waals surface area contributed by atoms with Gasteiger partial charge in [-0.2, -0.15) is 0 Å². The summed E-state index contributed by atoms with van der Waals surface area (Å²) < 4.78 is 5.59. The number of fused-ring (bicyclic) bond motifs is 2. The standard InChI is InChI=1S/C15H25NO2/c1-10(2)11-8-12-6-7-13(9-11)16(12)15(17)18-14-4-3-5-14/h10-14H,3-9H2,1-2H3. The first-order valence-electron chi connectivity index (χ1n) is 7.64. The van der Waals surface area contributed by atoms with Crippen LogP contribution in [0.15, 0.2) is 0 Å². The van der Waals surface area contributed by atoms with Crippen LogP contribution in [0.4, 0.5) is 4.79 Å². The summed E-state index contributed by atoms with van der Waals surface area (Å²) >= 11 is 0. The number of carbonyl (C=O) groups is 1. The Kier molecular flexibility index (Phi) is 3.25. The zero-order chi connectivity index (χ0) is 12.7. The number of hydrogen-bond acceptors (Lipinski definition) is 2. The first kappa shape index (κ1) is 12.3. The van der Waals surface area contributed by atoms with Gasteiger partial charge in [0.2, 0.25) is 0 Å². The molecule has 1 saturated carbocycles. The summed E-state index contributed by atoms with van der Waals surface area (Å²) in [7, 11) is 0. The van der Waals surface area contributed by atoms with Crippen LogP contribution in [0, 0.1) is 11.8 Å². The van der Waals surface area contributed by atoms with E-state index >= 15 is 0 Å². The van der Waals surface area contributed by atoms with Gasteiger partial charge in [0.15, 0.2) is 0 Å². The molecule has 1 aliphatic carbocycles. The van der Waals surface area contributed by atoms with Crippen LogP contribution in [0.25, 0.3) is 0 Å². The predicted molar refractivity (Wildman–Crippen MR) is 70.3 cm³/mol. The molecular weight excluding hydrogens is 226 g/mol. The molecule has 3 nitrogen and oxygen atoms in total. The third-order valence-corrected chi connectivity index (χ3v) is 5.24. The van der Waals surface area contributed by atoms with Gasteiger partial charge in [0.1, 0.15) is 6.10 Å². The van der Waals surface area contributed by atoms with Crippen LogP contribution in [0.3, 0.4) is 0 Å². The lowest BCUT2D eigenvalue weighted by atomic mass is 9.83. The van der Waals surface area contributed by atoms with Crippen LogP contribution >= 0.6 is 0 Å². The van der Waals surface area contributed by atoms with Gasteiger partial charge in [0, 0.05) is 12.1 Å². The molecule has 3 aliphatic rings. The van der Waals surface area contributed by atoms with Crippen LogP contribution < -0.4 is 0 Å². The molecule has 2 bridgehead atoms. The van der Waals surface area contributed by atoms with E-state index in [1.807, 2.05) is 0 Å². The van der Waals surface area contributed by atoms with Gasteiger partial charge in [0.25, 0.3) is 0 Å². The first-order chi connectivity index (χ1) is 8.65. The Bertz CT molecular complexity index is 310. The fraction of sp³-hybridized carbons (Fsp3) is 0.933. The molecule has 2 saturated heterocycles. The van der Waals surface area contributed by atoms with E-state index in [4.69, 9.17) is 4.74 Å². The fourth-order valence-electron chi connectivity index (χ4n) is 3.75. The number of piperidine rings is 1. The molecule has 0 spiro atoms. The Morgan fingerprint density at radius 2 is 1.72 bits per heavy atom. The highest BCUT2D eigenvalue weighted by atomic mass is 16.6. The second-order valence-electron chi connectivity index (χ2n) is 6.70. The van der Waals surface area contributed by atoms with E-state index in [-0.39, 0.29) is 12.2 Å². The van der Waals surface area contributed by atoms with Gasteiger partial charge in [-0.3, -0.25) is 0 Å². The maximum atomic E-state index is 12.2. The van der Waals surface area contributed by atoms with Crippen LogP contribution in [-0.2, 0) is 4.74 Å². The minimum absolute atomic E-state index is 0.0191. The molecule has 102 valence electrons. The molecule has 3 heteroatoms. The average Bonchev–Trinajstić information content (AvgIpc) is 2.54. The van der Waals surface area contributed by atoms with E-state index < -0.39 is 0 Å². The van der Waals surface area contributed by atoms with Crippen molar-refractivity contribution in [1.82, 2.24) is 4.90 Å². The van der Waals surface area contributed by atoms with Gasteiger partial charge >= 0.3 is 6.09 Å². The van der Waals surface area contributed by atoms with Gasteiger partial charge in [-0.1, -0.05) is 13.8 Å². The molecule has 0 aromatic rings. The summed E-state index contributed by atoms with van der Waals surface area (Å²) in [6.07, 6.45) is 8.32. The van der Waals surface area contributed by atoms with Crippen molar-refractivity contribution in [3.63, 3.8) is 0 Å². The SMILES string of the molecule is CC(C)C1CC2CCC(C1)N2C(=O)OC1CCC1. The average molecular weight is 251 g/mol. The molecule has 2 atom stereocenters. The number of carbonyl (C=O) groups excluding carboxylic acids is 1. The quantitative estimate of drug-likeness (QED) is 0.751. The van der Waals surface area contributed by atoms with E-state index in [9.17, 15) is 4.79 Å². The van der Waals surface area contributed by atoms with Gasteiger partial charge in [-0.15, -0.1) is 0 Å². The molecule has 0 radical (unpaired) electrons. The molecule has 3 rings (SSSR count). The minimum Gasteiger partial charge on any atom is -0.446 e. The lowest BCUT2D eigenvalue weighted by molar-refractivity contribution is 0.00180. The van der Waals surface area contributed by atoms with Crippen molar-refractivity contribution in [2.75, 3.05) is 0 Å². The predicted octanol–water partition coefficient (Wildman–Crippen LogP) is 3.57. The maximum absolute atomic E-state index is 12.2. The van der Waals surface area contributed by atoms with Crippen molar-refractivity contribution in [3.05, 3.63) is 0 Å². The molecule has 1 amide bonds. The number of hydrogen-bond donors (Lipinski definition) is 0. The van der Waals surface area contributed by atoms with Crippen molar-refractivity contribution >= 4 is 6.09 Å². The van der Waals surface area contributed by atoms with Gasteiger partial charge in [0.05, 0.1) is 0 Å². The summed E-state index contributed by atoms with van der Waals surface area (Å²) in [6, 6.07) is 0.924. The summed E-state index contributed by atoms with van der Waals surface area (Å²) in [6.45, 7) is 4.62. The maximum Gasteiger partial charge on any atom is 0.410 e. The van der Waals surface area contributed by atoms with E-state index in [0.717, 1.165) is 24.7 Å². The molecule has 2 aliphatic heterocycles. The van der Waals surface area contributed by atoms with Gasteiger partial charge in [-0.25, -0.2) is 4.79 Å². The van der Waals surface area contributed by atoms with E-state index in [1.54, 1.807) is 0 Å². The Labute approximate surface area is 110 Å². The van der Waals surface area contributed by atoms with Crippen LogP contribution in [0.1, 0.15) is 58.8 Å². The Morgan fingerprint density at radius 3 is 2.17 bits per heavy atom. The smallest absolute Gasteiger partial charge is 0.410 e. The Morgan fingerprint density at radius 1 is 1.11 bits per heavy atom. The molecule has 2 unspecified atom stereocenters. The molecule has 0 aromatic heterocycles. The van der Waals surface area contributed by atoms with Crippen LogP contribution in [0.2, 0.25) is 0 Å². The lowest BCUT2D eigenvalue weighted by Crippen LogP contribution is -2.48. The van der Waals surface area contributed by atoms with E-state index in [2.05, 4.69) is 18.7 Å². The number of rotatable bonds is 2. The minimum atomic E-state index is -0.0191. The second kappa shape index (κ2) is 4.75. The zero-order valence-electron chi connectivity index (χ0n) is 11.6. The highest BCUT2D eigenvalue weighted by Crippen LogP contribution is 2.42. The third-order valence-electron chi connectivity index (χ3n) is 5.24. The molecule has 18 heavy (non-hydrogen) atoms. The Hall–Kier alpha value is -0.730. The second-order valence-corrected chi connectivity index (χ2v) is 6.70. The monoisotopic (exact) mass is 251 g/mol. The van der Waals surface area contributed by atoms with Crippen LogP contribution in [0.5, 0.6) is 0 Å². The van der Waals surface area contributed by atoms with Gasteiger partial charge in [-0.05, 0) is 56.8 Å². The molecule has 0 N–H and O–H groups in total. The number of nitrogens with zero attached hydrogens (tertiary/aromatic N) is 1. The number of amides is 1. The van der Waals surface area contributed by atoms with Crippen molar-refractivity contribution < 1.29 is 9.53 Å². The first-order valence-corrected chi connectivity index (χ1v) is 7.64. The summed E-state index contributed by atoms with van der Waals surface area (Å²) in [4.78, 5) is 14.3. The zero-order valence-corrected chi connectivity index (χ0v) is 11.6. The number of ether oxygens (including phenoxy) is 1. The lowest BCUT2D eigenvalue weighted by Gasteiger charge is -2.40. The van der Waals surface area contributed by atoms with Crippen molar-refractivity contribution in [2.45, 2.75) is 77.0 Å². The van der Waals surface area contributed by atoms with Crippen molar-refractivity contribution in [2.24, 2.45) is 11.8 Å².